The van der Waals surface area contributed by atoms with Crippen molar-refractivity contribution in [3.05, 3.63) is 45.4 Å². The zero-order valence-electron chi connectivity index (χ0n) is 16.1. The van der Waals surface area contributed by atoms with Gasteiger partial charge in [0.25, 0.3) is 5.91 Å². The molecule has 1 unspecified atom stereocenters. The maximum absolute atomic E-state index is 14.7. The number of anilines is 2. The average molecular weight is 470 g/mol. The number of hydrogen-bond donors (Lipinski definition) is 1. The zero-order valence-corrected chi connectivity index (χ0v) is 18.5. The molecule has 1 aromatic carbocycles. The van der Waals surface area contributed by atoms with Crippen LogP contribution in [0, 0.1) is 5.82 Å². The van der Waals surface area contributed by atoms with E-state index < -0.39 is 12.2 Å². The van der Waals surface area contributed by atoms with Crippen molar-refractivity contribution < 1.29 is 18.7 Å². The van der Waals surface area contributed by atoms with E-state index in [1.165, 1.54) is 22.7 Å². The second kappa shape index (κ2) is 9.53. The Morgan fingerprint density at radius 3 is 2.83 bits per heavy atom. The van der Waals surface area contributed by atoms with Crippen LogP contribution in [0.3, 0.4) is 0 Å². The summed E-state index contributed by atoms with van der Waals surface area (Å²) in [6, 6.07) is 4.82. The largest absolute Gasteiger partial charge is 0.442 e. The van der Waals surface area contributed by atoms with E-state index in [-0.39, 0.29) is 24.8 Å². The van der Waals surface area contributed by atoms with E-state index in [9.17, 15) is 14.0 Å². The summed E-state index contributed by atoms with van der Waals surface area (Å²) in [6.07, 6.45) is 3.17. The Bertz CT molecular complexity index is 905. The first-order valence-electron chi connectivity index (χ1n) is 9.63. The van der Waals surface area contributed by atoms with Gasteiger partial charge in [-0.3, -0.25) is 9.69 Å². The number of carbonyl (C=O) groups excluding carboxylic acids is 2. The van der Waals surface area contributed by atoms with Crippen molar-refractivity contribution in [1.82, 2.24) is 5.32 Å². The van der Waals surface area contributed by atoms with Crippen molar-refractivity contribution in [1.29, 1.82) is 0 Å². The van der Waals surface area contributed by atoms with Gasteiger partial charge in [0.15, 0.2) is 0 Å². The molecule has 1 atom stereocenters. The van der Waals surface area contributed by atoms with Crippen molar-refractivity contribution in [2.45, 2.75) is 12.5 Å². The summed E-state index contributed by atoms with van der Waals surface area (Å²) in [4.78, 5) is 28.5. The van der Waals surface area contributed by atoms with Crippen LogP contribution < -0.4 is 15.1 Å². The maximum atomic E-state index is 14.7. The molecule has 0 spiro atoms. The summed E-state index contributed by atoms with van der Waals surface area (Å²) >= 11 is 9.02. The third kappa shape index (κ3) is 4.90. The van der Waals surface area contributed by atoms with Crippen molar-refractivity contribution in [2.75, 3.05) is 47.5 Å². The minimum absolute atomic E-state index is 0.173. The number of carbonyl (C=O) groups is 2. The van der Waals surface area contributed by atoms with Gasteiger partial charge in [-0.15, -0.1) is 0 Å². The fourth-order valence-corrected chi connectivity index (χ4v) is 5.42. The molecular weight excluding hydrogens is 449 g/mol. The molecule has 3 aliphatic rings. The van der Waals surface area contributed by atoms with E-state index in [1.54, 1.807) is 18.2 Å². The van der Waals surface area contributed by atoms with Gasteiger partial charge in [0.2, 0.25) is 0 Å². The monoisotopic (exact) mass is 469 g/mol. The lowest BCUT2D eigenvalue weighted by atomic mass is 10.2. The molecule has 3 aliphatic heterocycles. The number of ether oxygens (including phenoxy) is 1. The van der Waals surface area contributed by atoms with Crippen molar-refractivity contribution in [3.63, 3.8) is 0 Å². The summed E-state index contributed by atoms with van der Waals surface area (Å²) in [5.74, 6) is 1.35. The molecule has 30 heavy (non-hydrogen) atoms. The second-order valence-corrected chi connectivity index (χ2v) is 9.92. The van der Waals surface area contributed by atoms with Crippen molar-refractivity contribution in [2.24, 2.45) is 0 Å². The van der Waals surface area contributed by atoms with Gasteiger partial charge in [-0.1, -0.05) is 35.5 Å². The highest BCUT2D eigenvalue weighted by Crippen LogP contribution is 2.33. The molecule has 0 radical (unpaired) electrons. The van der Waals surface area contributed by atoms with Crippen LogP contribution >= 0.6 is 35.1 Å². The van der Waals surface area contributed by atoms with Crippen LogP contribution in [0.5, 0.6) is 0 Å². The molecular formula is C20H21ClFN3O3S2. The molecule has 1 N–H and O–H groups in total. The van der Waals surface area contributed by atoms with Gasteiger partial charge >= 0.3 is 6.09 Å². The normalized spacial score (nSPS) is 21.8. The molecule has 0 bridgehead atoms. The van der Waals surface area contributed by atoms with Crippen LogP contribution in [0.1, 0.15) is 6.42 Å². The smallest absolute Gasteiger partial charge is 0.414 e. The van der Waals surface area contributed by atoms with E-state index in [1.807, 2.05) is 22.7 Å². The lowest BCUT2D eigenvalue weighted by Gasteiger charge is -2.29. The molecule has 0 saturated carbocycles. The summed E-state index contributed by atoms with van der Waals surface area (Å²) in [7, 11) is 0. The summed E-state index contributed by atoms with van der Waals surface area (Å²) < 4.78 is 20.6. The van der Waals surface area contributed by atoms with E-state index in [0.29, 0.717) is 27.1 Å². The van der Waals surface area contributed by atoms with Crippen LogP contribution in [0.15, 0.2) is 39.6 Å². The lowest BCUT2D eigenvalue weighted by Crippen LogP contribution is -2.35. The fourth-order valence-electron chi connectivity index (χ4n) is 3.44. The molecule has 3 heterocycles. The van der Waals surface area contributed by atoms with Crippen LogP contribution in [0.4, 0.5) is 20.6 Å². The number of hydrogen-bond acceptors (Lipinski definition) is 6. The summed E-state index contributed by atoms with van der Waals surface area (Å²) in [5.41, 5.74) is 1.00. The van der Waals surface area contributed by atoms with Crippen LogP contribution in [-0.2, 0) is 9.53 Å². The van der Waals surface area contributed by atoms with Gasteiger partial charge in [-0.05, 0) is 24.6 Å². The van der Waals surface area contributed by atoms with Crippen molar-refractivity contribution >= 4 is 58.5 Å². The molecule has 2 fully saturated rings. The van der Waals surface area contributed by atoms with Gasteiger partial charge in [0.1, 0.15) is 11.9 Å². The number of amides is 2. The van der Waals surface area contributed by atoms with Gasteiger partial charge in [0.05, 0.1) is 33.7 Å². The molecule has 2 amide bonds. The van der Waals surface area contributed by atoms with E-state index >= 15 is 0 Å². The first-order chi connectivity index (χ1) is 14.5. The molecule has 6 nitrogen and oxygen atoms in total. The minimum atomic E-state index is -0.548. The molecule has 4 rings (SSSR count). The number of nitrogens with zero attached hydrogens (tertiary/aromatic N) is 2. The number of halogens is 2. The maximum Gasteiger partial charge on any atom is 0.414 e. The Morgan fingerprint density at radius 1 is 1.30 bits per heavy atom. The van der Waals surface area contributed by atoms with Crippen LogP contribution in [-0.4, -0.2) is 55.8 Å². The predicted octanol–water partition coefficient (Wildman–Crippen LogP) is 3.92. The highest BCUT2D eigenvalue weighted by molar-refractivity contribution is 8.09. The highest BCUT2D eigenvalue weighted by atomic mass is 35.5. The highest BCUT2D eigenvalue weighted by Gasteiger charge is 2.33. The topological polar surface area (TPSA) is 61.9 Å². The quantitative estimate of drug-likeness (QED) is 0.705. The van der Waals surface area contributed by atoms with E-state index in [4.69, 9.17) is 16.3 Å². The van der Waals surface area contributed by atoms with Gasteiger partial charge in [0, 0.05) is 24.6 Å². The van der Waals surface area contributed by atoms with Gasteiger partial charge in [-0.2, -0.15) is 11.8 Å². The number of allylic oxidation sites excluding steroid dienone is 2. The Labute approximate surface area is 187 Å². The average Bonchev–Trinajstić information content (AvgIpc) is 3.13. The number of benzene rings is 1. The number of cyclic esters (lactones) is 1. The number of rotatable bonds is 5. The third-order valence-corrected chi connectivity index (χ3v) is 7.23. The van der Waals surface area contributed by atoms with Crippen LogP contribution in [0.2, 0.25) is 0 Å². The molecule has 1 aromatic rings. The Balaban J connectivity index is 1.35. The Hall–Kier alpha value is -1.84. The molecule has 160 valence electrons. The number of thioether (sulfide) groups is 2. The zero-order chi connectivity index (χ0) is 21.1. The first-order valence-corrected chi connectivity index (χ1v) is 12.0. The SMILES string of the molecule is O=C(NCC1CN(c2ccc(N3CCSCC3)c(F)c2)C(=O)O1)C1=CCC=C(Cl)S1. The summed E-state index contributed by atoms with van der Waals surface area (Å²) in [6.45, 7) is 2.03. The standard InChI is InChI=1S/C20H21ClFN3O3S2/c21-18-3-1-2-17(30-18)19(26)23-11-14-12-25(20(27)28-14)13-4-5-16(15(22)10-13)24-6-8-29-9-7-24/h2-5,10,14H,1,6-9,11-12H2,(H,23,26). The number of nitrogens with one attached hydrogen (secondary N) is 1. The van der Waals surface area contributed by atoms with E-state index in [2.05, 4.69) is 5.32 Å². The first kappa shape index (κ1) is 21.4. The molecule has 0 aromatic heterocycles. The predicted molar refractivity (Wildman–Crippen MR) is 121 cm³/mol. The minimum Gasteiger partial charge on any atom is -0.442 e. The second-order valence-electron chi connectivity index (χ2n) is 6.98. The summed E-state index contributed by atoms with van der Waals surface area (Å²) in [5, 5.41) is 2.77. The van der Waals surface area contributed by atoms with Crippen molar-refractivity contribution in [3.8, 4) is 0 Å². The molecule has 2 saturated heterocycles. The van der Waals surface area contributed by atoms with Gasteiger partial charge in [-0.25, -0.2) is 9.18 Å². The van der Waals surface area contributed by atoms with E-state index in [0.717, 1.165) is 24.6 Å². The van der Waals surface area contributed by atoms with Gasteiger partial charge < -0.3 is 15.0 Å². The molecule has 0 aliphatic carbocycles. The Kier molecular flexibility index (Phi) is 6.80. The lowest BCUT2D eigenvalue weighted by molar-refractivity contribution is -0.117. The van der Waals surface area contributed by atoms with Crippen LogP contribution in [0.25, 0.3) is 0 Å². The molecule has 10 heteroatoms. The Morgan fingerprint density at radius 2 is 2.10 bits per heavy atom. The third-order valence-electron chi connectivity index (χ3n) is 4.97. The fraction of sp³-hybridized carbons (Fsp3) is 0.400.